The SMILES string of the molecule is CNc1nc(NCCCC(N)=O)c2cc(C)sc2n1. The van der Waals surface area contributed by atoms with Crippen LogP contribution in [0.4, 0.5) is 11.8 Å². The molecule has 0 aliphatic carbocycles. The number of carbonyl (C=O) groups is 1. The first-order valence-corrected chi connectivity index (χ1v) is 6.90. The Labute approximate surface area is 115 Å². The van der Waals surface area contributed by atoms with Crippen LogP contribution >= 0.6 is 11.3 Å². The number of aryl methyl sites for hydroxylation is 1. The van der Waals surface area contributed by atoms with Crippen molar-refractivity contribution in [2.45, 2.75) is 19.8 Å². The molecule has 0 unspecified atom stereocenters. The Kier molecular flexibility index (Phi) is 4.16. The first-order chi connectivity index (χ1) is 9.10. The molecular formula is C12H17N5OS. The van der Waals surface area contributed by atoms with Gasteiger partial charge in [0.05, 0.1) is 5.39 Å². The molecule has 0 fully saturated rings. The number of thiophene rings is 1. The van der Waals surface area contributed by atoms with Gasteiger partial charge in [-0.2, -0.15) is 4.98 Å². The second kappa shape index (κ2) is 5.83. The number of aromatic nitrogens is 2. The fraction of sp³-hybridized carbons (Fsp3) is 0.417. The number of anilines is 2. The van der Waals surface area contributed by atoms with Gasteiger partial charge < -0.3 is 16.4 Å². The molecule has 0 aliphatic heterocycles. The van der Waals surface area contributed by atoms with E-state index >= 15 is 0 Å². The molecule has 0 aliphatic rings. The Balaban J connectivity index is 2.17. The van der Waals surface area contributed by atoms with Gasteiger partial charge in [-0.15, -0.1) is 11.3 Å². The van der Waals surface area contributed by atoms with E-state index in [1.165, 1.54) is 4.88 Å². The van der Waals surface area contributed by atoms with Gasteiger partial charge in [-0.25, -0.2) is 4.98 Å². The summed E-state index contributed by atoms with van der Waals surface area (Å²) in [6.45, 7) is 2.70. The summed E-state index contributed by atoms with van der Waals surface area (Å²) in [5.74, 6) is 1.10. The molecule has 0 saturated carbocycles. The number of nitrogens with one attached hydrogen (secondary N) is 2. The fourth-order valence-corrected chi connectivity index (χ4v) is 2.64. The number of nitrogens with zero attached hydrogens (tertiary/aromatic N) is 2. The van der Waals surface area contributed by atoms with Gasteiger partial charge in [0.2, 0.25) is 11.9 Å². The average molecular weight is 279 g/mol. The average Bonchev–Trinajstić information content (AvgIpc) is 2.74. The van der Waals surface area contributed by atoms with Crippen molar-refractivity contribution in [2.24, 2.45) is 5.73 Å². The number of primary amides is 1. The molecule has 6 nitrogen and oxygen atoms in total. The maximum Gasteiger partial charge on any atom is 0.225 e. The molecule has 4 N–H and O–H groups in total. The summed E-state index contributed by atoms with van der Waals surface area (Å²) in [6, 6.07) is 2.07. The molecule has 7 heteroatoms. The van der Waals surface area contributed by atoms with Gasteiger partial charge in [-0.3, -0.25) is 4.79 Å². The van der Waals surface area contributed by atoms with Crippen LogP contribution in [0.1, 0.15) is 17.7 Å². The van der Waals surface area contributed by atoms with E-state index in [-0.39, 0.29) is 5.91 Å². The Hall–Kier alpha value is -1.89. The molecule has 0 bridgehead atoms. The van der Waals surface area contributed by atoms with Crippen molar-refractivity contribution < 1.29 is 4.79 Å². The fourth-order valence-electron chi connectivity index (χ4n) is 1.76. The summed E-state index contributed by atoms with van der Waals surface area (Å²) in [7, 11) is 1.79. The topological polar surface area (TPSA) is 92.9 Å². The Morgan fingerprint density at radius 1 is 1.47 bits per heavy atom. The molecule has 2 aromatic rings. The van der Waals surface area contributed by atoms with Gasteiger partial charge in [-0.05, 0) is 19.4 Å². The predicted molar refractivity (Wildman–Crippen MR) is 78.6 cm³/mol. The van der Waals surface area contributed by atoms with Gasteiger partial charge in [-0.1, -0.05) is 0 Å². The van der Waals surface area contributed by atoms with Crippen molar-refractivity contribution in [3.8, 4) is 0 Å². The standard InChI is InChI=1S/C12H17N5OS/c1-7-6-8-10(15-5-3-4-9(13)18)16-12(14-2)17-11(8)19-7/h6H,3-5H2,1-2H3,(H2,13,18)(H2,14,15,16,17). The van der Waals surface area contributed by atoms with Crippen LogP contribution in [-0.2, 0) is 4.79 Å². The van der Waals surface area contributed by atoms with E-state index in [0.717, 1.165) is 16.0 Å². The molecule has 0 atom stereocenters. The smallest absolute Gasteiger partial charge is 0.225 e. The molecule has 1 amide bonds. The summed E-state index contributed by atoms with van der Waals surface area (Å²) in [6.07, 6.45) is 1.07. The third kappa shape index (κ3) is 3.31. The van der Waals surface area contributed by atoms with E-state index in [0.29, 0.717) is 25.3 Å². The minimum atomic E-state index is -0.281. The van der Waals surface area contributed by atoms with Crippen LogP contribution < -0.4 is 16.4 Å². The summed E-state index contributed by atoms with van der Waals surface area (Å²) >= 11 is 1.63. The van der Waals surface area contributed by atoms with E-state index in [1.54, 1.807) is 18.4 Å². The highest BCUT2D eigenvalue weighted by atomic mass is 32.1. The number of carbonyl (C=O) groups excluding carboxylic acids is 1. The normalized spacial score (nSPS) is 10.6. The van der Waals surface area contributed by atoms with Crippen molar-refractivity contribution >= 4 is 39.2 Å². The van der Waals surface area contributed by atoms with Crippen molar-refractivity contribution in [1.29, 1.82) is 0 Å². The van der Waals surface area contributed by atoms with Crippen LogP contribution in [0, 0.1) is 6.92 Å². The molecule has 2 heterocycles. The lowest BCUT2D eigenvalue weighted by atomic mass is 10.3. The number of hydrogen-bond donors (Lipinski definition) is 3. The first-order valence-electron chi connectivity index (χ1n) is 6.08. The number of fused-ring (bicyclic) bond motifs is 1. The zero-order valence-corrected chi connectivity index (χ0v) is 11.8. The first kappa shape index (κ1) is 13.5. The van der Waals surface area contributed by atoms with Gasteiger partial charge in [0.25, 0.3) is 0 Å². The maximum atomic E-state index is 10.7. The quantitative estimate of drug-likeness (QED) is 0.700. The van der Waals surface area contributed by atoms with Gasteiger partial charge in [0.1, 0.15) is 10.6 Å². The minimum Gasteiger partial charge on any atom is -0.370 e. The van der Waals surface area contributed by atoms with Crippen LogP contribution in [0.5, 0.6) is 0 Å². The van der Waals surface area contributed by atoms with E-state index in [2.05, 4.69) is 26.7 Å². The third-order valence-corrected chi connectivity index (χ3v) is 3.58. The molecule has 0 saturated heterocycles. The highest BCUT2D eigenvalue weighted by Crippen LogP contribution is 2.29. The molecule has 19 heavy (non-hydrogen) atoms. The largest absolute Gasteiger partial charge is 0.370 e. The van der Waals surface area contributed by atoms with Crippen molar-refractivity contribution in [3.05, 3.63) is 10.9 Å². The second-order valence-electron chi connectivity index (χ2n) is 4.22. The molecule has 0 radical (unpaired) electrons. The predicted octanol–water partition coefficient (Wildman–Crippen LogP) is 1.72. The Bertz CT molecular complexity index is 595. The van der Waals surface area contributed by atoms with Crippen molar-refractivity contribution in [3.63, 3.8) is 0 Å². The highest BCUT2D eigenvalue weighted by molar-refractivity contribution is 7.18. The lowest BCUT2D eigenvalue weighted by Crippen LogP contribution is -2.13. The molecular weight excluding hydrogens is 262 g/mol. The van der Waals surface area contributed by atoms with E-state index in [9.17, 15) is 4.79 Å². The lowest BCUT2D eigenvalue weighted by molar-refractivity contribution is -0.118. The maximum absolute atomic E-state index is 10.7. The minimum absolute atomic E-state index is 0.281. The summed E-state index contributed by atoms with van der Waals surface area (Å²) in [5.41, 5.74) is 5.11. The number of nitrogens with two attached hydrogens (primary N) is 1. The molecule has 0 spiro atoms. The van der Waals surface area contributed by atoms with Crippen LogP contribution in [0.25, 0.3) is 10.2 Å². The highest BCUT2D eigenvalue weighted by Gasteiger charge is 2.09. The van der Waals surface area contributed by atoms with Crippen LogP contribution in [-0.4, -0.2) is 29.5 Å². The summed E-state index contributed by atoms with van der Waals surface area (Å²) < 4.78 is 0. The van der Waals surface area contributed by atoms with Gasteiger partial charge in [0, 0.05) is 24.9 Å². The molecule has 102 valence electrons. The second-order valence-corrected chi connectivity index (χ2v) is 5.45. The monoisotopic (exact) mass is 279 g/mol. The zero-order chi connectivity index (χ0) is 13.8. The van der Waals surface area contributed by atoms with Crippen LogP contribution in [0.3, 0.4) is 0 Å². The lowest BCUT2D eigenvalue weighted by Gasteiger charge is -2.07. The summed E-state index contributed by atoms with van der Waals surface area (Å²) in [4.78, 5) is 21.7. The third-order valence-electron chi connectivity index (χ3n) is 2.63. The van der Waals surface area contributed by atoms with Crippen molar-refractivity contribution in [2.75, 3.05) is 24.2 Å². The van der Waals surface area contributed by atoms with Gasteiger partial charge >= 0.3 is 0 Å². The number of hydrogen-bond acceptors (Lipinski definition) is 6. The van der Waals surface area contributed by atoms with Crippen molar-refractivity contribution in [1.82, 2.24) is 9.97 Å². The van der Waals surface area contributed by atoms with E-state index in [1.807, 2.05) is 6.92 Å². The van der Waals surface area contributed by atoms with E-state index < -0.39 is 0 Å². The Morgan fingerprint density at radius 2 is 2.26 bits per heavy atom. The molecule has 2 aromatic heterocycles. The number of rotatable bonds is 6. The van der Waals surface area contributed by atoms with Crippen LogP contribution in [0.2, 0.25) is 0 Å². The zero-order valence-electron chi connectivity index (χ0n) is 11.0. The van der Waals surface area contributed by atoms with E-state index in [4.69, 9.17) is 5.73 Å². The summed E-state index contributed by atoms with van der Waals surface area (Å²) in [5, 5.41) is 7.20. The molecule has 2 rings (SSSR count). The molecule has 0 aromatic carbocycles. The van der Waals surface area contributed by atoms with Crippen LogP contribution in [0.15, 0.2) is 6.07 Å². The van der Waals surface area contributed by atoms with Gasteiger partial charge in [0.15, 0.2) is 0 Å². The Morgan fingerprint density at radius 3 is 2.95 bits per heavy atom. The number of amides is 1.